The van der Waals surface area contributed by atoms with Crippen LogP contribution in [0.4, 0.5) is 21.7 Å². The number of nitrogen functional groups attached to an aromatic ring is 1. The van der Waals surface area contributed by atoms with Gasteiger partial charge >= 0.3 is 0 Å². The van der Waals surface area contributed by atoms with Crippen LogP contribution in [0.2, 0.25) is 5.02 Å². The Balaban J connectivity index is 2.27. The standard InChI is InChI=1S/C12H13ClFN5O/c1-20-6-12-17-10(5-11(18-12)19-15)16-7-2-3-8(13)9(14)4-7/h2-5H,6,15H2,1H3,(H2,16,17,18,19). The number of methoxy groups -OCH3 is 1. The molecule has 1 aromatic carbocycles. The molecule has 6 nitrogen and oxygen atoms in total. The second-order valence-corrected chi connectivity index (χ2v) is 4.29. The summed E-state index contributed by atoms with van der Waals surface area (Å²) in [4.78, 5) is 8.33. The van der Waals surface area contributed by atoms with Crippen molar-refractivity contribution in [1.29, 1.82) is 0 Å². The van der Waals surface area contributed by atoms with E-state index in [1.807, 2.05) is 0 Å². The first-order valence-electron chi connectivity index (χ1n) is 5.68. The number of hydrazine groups is 1. The molecule has 0 bridgehead atoms. The van der Waals surface area contributed by atoms with Crippen LogP contribution in [0.1, 0.15) is 5.82 Å². The van der Waals surface area contributed by atoms with Gasteiger partial charge in [-0.25, -0.2) is 20.2 Å². The van der Waals surface area contributed by atoms with E-state index in [0.717, 1.165) is 0 Å². The molecule has 0 atom stereocenters. The summed E-state index contributed by atoms with van der Waals surface area (Å²) in [6.45, 7) is 0.235. The first kappa shape index (κ1) is 14.4. The summed E-state index contributed by atoms with van der Waals surface area (Å²) in [5.74, 6) is 6.15. The van der Waals surface area contributed by atoms with Crippen molar-refractivity contribution in [3.63, 3.8) is 0 Å². The van der Waals surface area contributed by atoms with E-state index in [4.69, 9.17) is 22.2 Å². The van der Waals surface area contributed by atoms with Gasteiger partial charge in [0.1, 0.15) is 24.1 Å². The number of hydrogen-bond acceptors (Lipinski definition) is 6. The lowest BCUT2D eigenvalue weighted by Crippen LogP contribution is -2.11. The summed E-state index contributed by atoms with van der Waals surface area (Å²) in [5.41, 5.74) is 2.94. The van der Waals surface area contributed by atoms with Crippen molar-refractivity contribution in [3.05, 3.63) is 40.9 Å². The zero-order valence-electron chi connectivity index (χ0n) is 10.7. The topological polar surface area (TPSA) is 85.1 Å². The van der Waals surface area contributed by atoms with Gasteiger partial charge in [0.25, 0.3) is 0 Å². The van der Waals surface area contributed by atoms with Crippen molar-refractivity contribution in [3.8, 4) is 0 Å². The lowest BCUT2D eigenvalue weighted by molar-refractivity contribution is 0.178. The number of nitrogens with one attached hydrogen (secondary N) is 2. The molecule has 8 heteroatoms. The van der Waals surface area contributed by atoms with Crippen LogP contribution in [-0.2, 0) is 11.3 Å². The summed E-state index contributed by atoms with van der Waals surface area (Å²) in [7, 11) is 1.54. The first-order chi connectivity index (χ1) is 9.62. The Morgan fingerprint density at radius 1 is 1.30 bits per heavy atom. The number of ether oxygens (including phenoxy) is 1. The van der Waals surface area contributed by atoms with Gasteiger partial charge in [0.2, 0.25) is 0 Å². The number of nitrogens with zero attached hydrogens (tertiary/aromatic N) is 2. The molecule has 106 valence electrons. The Morgan fingerprint density at radius 2 is 2.05 bits per heavy atom. The first-order valence-corrected chi connectivity index (χ1v) is 6.05. The minimum atomic E-state index is -0.514. The molecule has 0 aliphatic carbocycles. The van der Waals surface area contributed by atoms with Crippen LogP contribution in [0, 0.1) is 5.82 Å². The molecule has 2 aromatic rings. The van der Waals surface area contributed by atoms with Crippen molar-refractivity contribution in [2.24, 2.45) is 5.84 Å². The Labute approximate surface area is 120 Å². The number of anilines is 3. The van der Waals surface area contributed by atoms with Crippen LogP contribution in [0.25, 0.3) is 0 Å². The Kier molecular flexibility index (Phi) is 4.67. The fourth-order valence-electron chi connectivity index (χ4n) is 1.55. The zero-order chi connectivity index (χ0) is 14.5. The van der Waals surface area contributed by atoms with Gasteiger partial charge in [0.15, 0.2) is 5.82 Å². The van der Waals surface area contributed by atoms with Crippen molar-refractivity contribution in [1.82, 2.24) is 9.97 Å². The lowest BCUT2D eigenvalue weighted by atomic mass is 10.3. The van der Waals surface area contributed by atoms with Crippen molar-refractivity contribution in [2.45, 2.75) is 6.61 Å². The molecule has 20 heavy (non-hydrogen) atoms. The van der Waals surface area contributed by atoms with Crippen LogP contribution >= 0.6 is 11.6 Å². The van der Waals surface area contributed by atoms with Crippen LogP contribution in [0.3, 0.4) is 0 Å². The molecule has 0 fully saturated rings. The summed E-state index contributed by atoms with van der Waals surface area (Å²) in [6, 6.07) is 5.96. The van der Waals surface area contributed by atoms with Gasteiger partial charge in [-0.1, -0.05) is 11.6 Å². The second-order valence-electron chi connectivity index (χ2n) is 3.89. The van der Waals surface area contributed by atoms with E-state index in [1.54, 1.807) is 12.1 Å². The quantitative estimate of drug-likeness (QED) is 0.580. The van der Waals surface area contributed by atoms with E-state index in [1.165, 1.54) is 19.2 Å². The monoisotopic (exact) mass is 297 g/mol. The number of aromatic nitrogens is 2. The molecule has 0 amide bonds. The average Bonchev–Trinajstić information content (AvgIpc) is 2.43. The van der Waals surface area contributed by atoms with E-state index in [2.05, 4.69) is 20.7 Å². The van der Waals surface area contributed by atoms with Gasteiger partial charge in [-0.05, 0) is 18.2 Å². The van der Waals surface area contributed by atoms with E-state index < -0.39 is 5.82 Å². The predicted molar refractivity (Wildman–Crippen MR) is 75.2 cm³/mol. The predicted octanol–water partition coefficient (Wildman–Crippen LogP) is 2.44. The normalized spacial score (nSPS) is 10.4. The molecule has 0 saturated heterocycles. The number of rotatable bonds is 5. The molecule has 1 aromatic heterocycles. The average molecular weight is 298 g/mol. The van der Waals surface area contributed by atoms with Gasteiger partial charge < -0.3 is 15.5 Å². The minimum Gasteiger partial charge on any atom is -0.377 e. The van der Waals surface area contributed by atoms with Gasteiger partial charge in [0.05, 0.1) is 5.02 Å². The molecule has 2 rings (SSSR count). The molecular weight excluding hydrogens is 285 g/mol. The summed E-state index contributed by atoms with van der Waals surface area (Å²) in [6.07, 6.45) is 0. The van der Waals surface area contributed by atoms with E-state index in [-0.39, 0.29) is 11.6 Å². The largest absolute Gasteiger partial charge is 0.377 e. The number of nitrogens with two attached hydrogens (primary N) is 1. The highest BCUT2D eigenvalue weighted by Gasteiger charge is 2.06. The number of benzene rings is 1. The fourth-order valence-corrected chi connectivity index (χ4v) is 1.67. The third kappa shape index (κ3) is 3.53. The SMILES string of the molecule is COCc1nc(NN)cc(Nc2ccc(Cl)c(F)c2)n1. The molecule has 4 N–H and O–H groups in total. The Hall–Kier alpha value is -1.96. The summed E-state index contributed by atoms with van der Waals surface area (Å²) in [5, 5.41) is 3.00. The lowest BCUT2D eigenvalue weighted by Gasteiger charge is -2.09. The highest BCUT2D eigenvalue weighted by molar-refractivity contribution is 6.30. The molecule has 1 heterocycles. The van der Waals surface area contributed by atoms with Crippen molar-refractivity contribution < 1.29 is 9.13 Å². The van der Waals surface area contributed by atoms with Crippen molar-refractivity contribution >= 4 is 28.9 Å². The molecule has 0 spiro atoms. The van der Waals surface area contributed by atoms with Gasteiger partial charge in [-0.2, -0.15) is 0 Å². The van der Waals surface area contributed by atoms with Crippen LogP contribution < -0.4 is 16.6 Å². The maximum absolute atomic E-state index is 13.4. The molecular formula is C12H13ClFN5O. The number of hydrogen-bond donors (Lipinski definition) is 3. The van der Waals surface area contributed by atoms with Crippen molar-refractivity contribution in [2.75, 3.05) is 17.9 Å². The van der Waals surface area contributed by atoms with E-state index >= 15 is 0 Å². The van der Waals surface area contributed by atoms with Gasteiger partial charge in [0, 0.05) is 18.9 Å². The Morgan fingerprint density at radius 3 is 2.70 bits per heavy atom. The van der Waals surface area contributed by atoms with Gasteiger partial charge in [-0.15, -0.1) is 0 Å². The van der Waals surface area contributed by atoms with E-state index in [0.29, 0.717) is 23.1 Å². The summed E-state index contributed by atoms with van der Waals surface area (Å²) >= 11 is 5.63. The third-order valence-corrected chi connectivity index (χ3v) is 2.69. The zero-order valence-corrected chi connectivity index (χ0v) is 11.4. The molecule has 0 aliphatic heterocycles. The molecule has 0 aliphatic rings. The van der Waals surface area contributed by atoms with Crippen LogP contribution in [0.5, 0.6) is 0 Å². The fraction of sp³-hybridized carbons (Fsp3) is 0.167. The van der Waals surface area contributed by atoms with Gasteiger partial charge in [-0.3, -0.25) is 0 Å². The summed E-state index contributed by atoms with van der Waals surface area (Å²) < 4.78 is 18.3. The van der Waals surface area contributed by atoms with Crippen LogP contribution in [-0.4, -0.2) is 17.1 Å². The Bertz CT molecular complexity index is 610. The maximum Gasteiger partial charge on any atom is 0.158 e. The highest BCUT2D eigenvalue weighted by atomic mass is 35.5. The van der Waals surface area contributed by atoms with Crippen LogP contribution in [0.15, 0.2) is 24.3 Å². The van der Waals surface area contributed by atoms with E-state index in [9.17, 15) is 4.39 Å². The highest BCUT2D eigenvalue weighted by Crippen LogP contribution is 2.22. The minimum absolute atomic E-state index is 0.0580. The number of halogens is 2. The molecule has 0 radical (unpaired) electrons. The molecule has 0 unspecified atom stereocenters. The maximum atomic E-state index is 13.4. The second kappa shape index (κ2) is 6.47. The molecule has 0 saturated carbocycles. The third-order valence-electron chi connectivity index (χ3n) is 2.39. The smallest absolute Gasteiger partial charge is 0.158 e.